The first-order valence-electron chi connectivity index (χ1n) is 9.75. The second-order valence-corrected chi connectivity index (χ2v) is 8.28. The van der Waals surface area contributed by atoms with Crippen LogP contribution in [0.5, 0.6) is 0 Å². The summed E-state index contributed by atoms with van der Waals surface area (Å²) in [4.78, 5) is 20.0. The summed E-state index contributed by atoms with van der Waals surface area (Å²) in [5.41, 5.74) is 2.88. The summed E-state index contributed by atoms with van der Waals surface area (Å²) in [5, 5.41) is 12.2. The molecule has 1 amide bonds. The Hall–Kier alpha value is -3.13. The lowest BCUT2D eigenvalue weighted by Crippen LogP contribution is -2.39. The molecule has 1 aliphatic rings. The number of nitrogens with zero attached hydrogens (tertiary/aromatic N) is 6. The third kappa shape index (κ3) is 3.63. The second-order valence-electron chi connectivity index (χ2n) is 7.22. The van der Waals surface area contributed by atoms with Crippen LogP contribution < -0.4 is 0 Å². The number of hydrogen-bond donors (Lipinski definition) is 0. The summed E-state index contributed by atoms with van der Waals surface area (Å²) in [6.45, 7) is 0.794. The fourth-order valence-electron chi connectivity index (χ4n) is 3.84. The fraction of sp³-hybridized carbons (Fsp3) is 0.286. The highest BCUT2D eigenvalue weighted by Crippen LogP contribution is 2.36. The lowest BCUT2D eigenvalue weighted by Gasteiger charge is -2.34. The van der Waals surface area contributed by atoms with Gasteiger partial charge in [-0.05, 0) is 59.5 Å². The van der Waals surface area contributed by atoms with E-state index >= 15 is 0 Å². The molecule has 0 radical (unpaired) electrons. The molecule has 2 aromatic heterocycles. The Morgan fingerprint density at radius 3 is 2.76 bits per heavy atom. The van der Waals surface area contributed by atoms with Gasteiger partial charge in [-0.1, -0.05) is 24.3 Å². The van der Waals surface area contributed by atoms with Crippen molar-refractivity contribution in [3.63, 3.8) is 0 Å². The molecule has 1 fully saturated rings. The molecule has 7 nitrogen and oxygen atoms in total. The number of carbonyl (C=O) groups excluding carboxylic acids is 1. The molecule has 0 spiro atoms. The van der Waals surface area contributed by atoms with Crippen molar-refractivity contribution < 1.29 is 4.79 Å². The summed E-state index contributed by atoms with van der Waals surface area (Å²) in [5.74, 6) is 0.157. The highest BCUT2D eigenvalue weighted by atomic mass is 32.1. The highest BCUT2D eigenvalue weighted by molar-refractivity contribution is 7.18. The predicted octanol–water partition coefficient (Wildman–Crippen LogP) is 3.57. The van der Waals surface area contributed by atoms with Crippen LogP contribution in [0.1, 0.15) is 35.9 Å². The minimum absolute atomic E-state index is 0.0779. The largest absolute Gasteiger partial charge is 0.333 e. The molecule has 1 unspecified atom stereocenters. The number of benzene rings is 2. The molecule has 0 N–H and O–H groups in total. The number of rotatable bonds is 4. The molecule has 2 aromatic carbocycles. The van der Waals surface area contributed by atoms with E-state index in [9.17, 15) is 4.79 Å². The number of para-hydroxylation sites is 1. The van der Waals surface area contributed by atoms with E-state index < -0.39 is 0 Å². The quantitative estimate of drug-likeness (QED) is 0.520. The van der Waals surface area contributed by atoms with E-state index in [1.165, 1.54) is 4.70 Å². The Kier molecular flexibility index (Phi) is 4.77. The van der Waals surface area contributed by atoms with Crippen molar-refractivity contribution in [3.05, 3.63) is 65.4 Å². The van der Waals surface area contributed by atoms with Gasteiger partial charge in [0.05, 0.1) is 28.4 Å². The first kappa shape index (κ1) is 17.9. The molecule has 146 valence electrons. The van der Waals surface area contributed by atoms with Gasteiger partial charge in [0.25, 0.3) is 0 Å². The van der Waals surface area contributed by atoms with Crippen LogP contribution >= 0.6 is 11.3 Å². The van der Waals surface area contributed by atoms with Crippen LogP contribution in [0, 0.1) is 0 Å². The third-order valence-electron chi connectivity index (χ3n) is 5.32. The summed E-state index contributed by atoms with van der Waals surface area (Å²) in [6.07, 6.45) is 5.09. The maximum absolute atomic E-state index is 13.1. The lowest BCUT2D eigenvalue weighted by atomic mass is 10.0. The normalized spacial score (nSPS) is 17.0. The van der Waals surface area contributed by atoms with Gasteiger partial charge in [0.2, 0.25) is 5.91 Å². The summed E-state index contributed by atoms with van der Waals surface area (Å²) in [7, 11) is 0. The molecule has 1 atom stereocenters. The minimum atomic E-state index is 0.0779. The zero-order valence-electron chi connectivity index (χ0n) is 15.8. The van der Waals surface area contributed by atoms with Gasteiger partial charge >= 0.3 is 0 Å². The van der Waals surface area contributed by atoms with Crippen molar-refractivity contribution in [1.29, 1.82) is 0 Å². The van der Waals surface area contributed by atoms with Crippen LogP contribution in [0.4, 0.5) is 0 Å². The molecule has 0 saturated carbocycles. The number of thiazole rings is 1. The predicted molar refractivity (Wildman–Crippen MR) is 111 cm³/mol. The van der Waals surface area contributed by atoms with Crippen molar-refractivity contribution in [3.8, 4) is 5.69 Å². The lowest BCUT2D eigenvalue weighted by molar-refractivity contribution is -0.134. The molecule has 4 aromatic rings. The van der Waals surface area contributed by atoms with Crippen LogP contribution in [0.3, 0.4) is 0 Å². The molecule has 1 aliphatic heterocycles. The first-order chi connectivity index (χ1) is 14.3. The monoisotopic (exact) mass is 404 g/mol. The highest BCUT2D eigenvalue weighted by Gasteiger charge is 2.30. The first-order valence-corrected chi connectivity index (χ1v) is 10.6. The van der Waals surface area contributed by atoms with E-state index in [0.717, 1.165) is 47.6 Å². The van der Waals surface area contributed by atoms with E-state index in [-0.39, 0.29) is 11.9 Å². The number of tetrazole rings is 1. The van der Waals surface area contributed by atoms with Crippen molar-refractivity contribution >= 4 is 27.5 Å². The Morgan fingerprint density at radius 2 is 1.97 bits per heavy atom. The van der Waals surface area contributed by atoms with Gasteiger partial charge in [-0.25, -0.2) is 9.67 Å². The second kappa shape index (κ2) is 7.71. The molecule has 1 saturated heterocycles. The number of amides is 1. The van der Waals surface area contributed by atoms with Crippen molar-refractivity contribution in [2.75, 3.05) is 6.54 Å². The SMILES string of the molecule is O=C(Cc1ccc(-n2cnnn2)cc1)N1CCCCC1c1nc2ccccc2s1. The Bertz CT molecular complexity index is 1090. The third-order valence-corrected chi connectivity index (χ3v) is 6.46. The fourth-order valence-corrected chi connectivity index (χ4v) is 4.96. The van der Waals surface area contributed by atoms with Gasteiger partial charge < -0.3 is 4.90 Å². The number of aromatic nitrogens is 5. The van der Waals surface area contributed by atoms with Crippen LogP contribution in [0.15, 0.2) is 54.9 Å². The van der Waals surface area contributed by atoms with Crippen molar-refractivity contribution in [2.45, 2.75) is 31.7 Å². The smallest absolute Gasteiger partial charge is 0.227 e. The Morgan fingerprint density at radius 1 is 1.10 bits per heavy atom. The van der Waals surface area contributed by atoms with E-state index in [4.69, 9.17) is 4.98 Å². The van der Waals surface area contributed by atoms with E-state index in [0.29, 0.717) is 6.42 Å². The molecule has 0 aliphatic carbocycles. The summed E-state index contributed by atoms with van der Waals surface area (Å²) >= 11 is 1.71. The van der Waals surface area contributed by atoms with E-state index in [2.05, 4.69) is 21.6 Å². The molecular weight excluding hydrogens is 384 g/mol. The van der Waals surface area contributed by atoms with Gasteiger partial charge in [0, 0.05) is 6.54 Å². The van der Waals surface area contributed by atoms with Crippen LogP contribution in [0.2, 0.25) is 0 Å². The number of likely N-dealkylation sites (tertiary alicyclic amines) is 1. The van der Waals surface area contributed by atoms with Gasteiger partial charge in [-0.15, -0.1) is 16.4 Å². The number of carbonyl (C=O) groups is 1. The van der Waals surface area contributed by atoms with Crippen LogP contribution in [-0.2, 0) is 11.2 Å². The van der Waals surface area contributed by atoms with Gasteiger partial charge in [-0.2, -0.15) is 0 Å². The molecule has 29 heavy (non-hydrogen) atoms. The molecular formula is C21H20N6OS. The molecule has 8 heteroatoms. The van der Waals surface area contributed by atoms with Gasteiger partial charge in [0.1, 0.15) is 11.3 Å². The Labute approximate surface area is 172 Å². The van der Waals surface area contributed by atoms with Gasteiger partial charge in [-0.3, -0.25) is 4.79 Å². The topological polar surface area (TPSA) is 76.8 Å². The number of hydrogen-bond acceptors (Lipinski definition) is 6. The standard InChI is InChI=1S/C21H20N6OS/c28-20(13-15-8-10-16(11-9-15)27-14-22-24-25-27)26-12-4-3-6-18(26)21-23-17-5-1-2-7-19(17)29-21/h1-2,5,7-11,14,18H,3-4,6,12-13H2. The molecule has 5 rings (SSSR count). The van der Waals surface area contributed by atoms with Crippen LogP contribution in [-0.4, -0.2) is 42.5 Å². The summed E-state index contributed by atoms with van der Waals surface area (Å²) in [6, 6.07) is 16.0. The Balaban J connectivity index is 1.34. The average molecular weight is 404 g/mol. The minimum Gasteiger partial charge on any atom is -0.333 e. The molecule has 0 bridgehead atoms. The van der Waals surface area contributed by atoms with Crippen molar-refractivity contribution in [2.24, 2.45) is 0 Å². The van der Waals surface area contributed by atoms with E-state index in [1.807, 2.05) is 47.4 Å². The number of fused-ring (bicyclic) bond motifs is 1. The van der Waals surface area contributed by atoms with E-state index in [1.54, 1.807) is 22.3 Å². The average Bonchev–Trinajstić information content (AvgIpc) is 3.44. The van der Waals surface area contributed by atoms with Crippen molar-refractivity contribution in [1.82, 2.24) is 30.1 Å². The van der Waals surface area contributed by atoms with Gasteiger partial charge in [0.15, 0.2) is 0 Å². The maximum atomic E-state index is 13.1. The number of piperidine rings is 1. The summed E-state index contributed by atoms with van der Waals surface area (Å²) < 4.78 is 2.78. The van der Waals surface area contributed by atoms with Crippen LogP contribution in [0.25, 0.3) is 15.9 Å². The molecule has 3 heterocycles. The zero-order chi connectivity index (χ0) is 19.6. The zero-order valence-corrected chi connectivity index (χ0v) is 16.6. The maximum Gasteiger partial charge on any atom is 0.227 e.